The lowest BCUT2D eigenvalue weighted by atomic mass is 10.3. The van der Waals surface area contributed by atoms with E-state index in [2.05, 4.69) is 4.74 Å². The van der Waals surface area contributed by atoms with E-state index in [9.17, 15) is 9.18 Å². The van der Waals surface area contributed by atoms with Crippen LogP contribution < -0.4 is 4.74 Å². The van der Waals surface area contributed by atoms with E-state index in [1.165, 1.54) is 6.92 Å². The van der Waals surface area contributed by atoms with Gasteiger partial charge in [0.05, 0.1) is 6.42 Å². The maximum Gasteiger partial charge on any atom is 0.422 e. The number of halogens is 1. The zero-order chi connectivity index (χ0) is 10.4. The Labute approximate surface area is 81.4 Å². The number of ether oxygens (including phenoxy) is 2. The fourth-order valence-corrected chi connectivity index (χ4v) is 0.892. The van der Waals surface area contributed by atoms with Gasteiger partial charge in [0, 0.05) is 0 Å². The summed E-state index contributed by atoms with van der Waals surface area (Å²) in [5, 5.41) is 0. The first-order chi connectivity index (χ1) is 6.70. The molecule has 3 nitrogen and oxygen atoms in total. The van der Waals surface area contributed by atoms with Gasteiger partial charge in [-0.05, 0) is 12.1 Å². The van der Waals surface area contributed by atoms with Crippen LogP contribution in [0.2, 0.25) is 0 Å². The molecule has 0 saturated heterocycles. The van der Waals surface area contributed by atoms with Crippen molar-refractivity contribution in [2.24, 2.45) is 0 Å². The quantitative estimate of drug-likeness (QED) is 0.678. The van der Waals surface area contributed by atoms with Crippen molar-refractivity contribution < 1.29 is 18.7 Å². The standard InChI is InChI=1S/C10H10FO3/c1-2-10(11,13-8-12)14-9-6-4-3-5-7-9/h3-7H,2H2,1H3. The van der Waals surface area contributed by atoms with E-state index in [1.807, 2.05) is 0 Å². The minimum Gasteiger partial charge on any atom is -0.427 e. The average Bonchev–Trinajstić information content (AvgIpc) is 2.20. The van der Waals surface area contributed by atoms with Crippen LogP contribution in [0.25, 0.3) is 0 Å². The Kier molecular flexibility index (Phi) is 3.45. The molecule has 0 aliphatic rings. The van der Waals surface area contributed by atoms with E-state index >= 15 is 0 Å². The van der Waals surface area contributed by atoms with Gasteiger partial charge in [-0.15, -0.1) is 0 Å². The predicted octanol–water partition coefficient (Wildman–Crippen LogP) is 2.18. The van der Waals surface area contributed by atoms with Crippen LogP contribution in [-0.4, -0.2) is 12.5 Å². The van der Waals surface area contributed by atoms with Gasteiger partial charge in [-0.2, -0.15) is 4.39 Å². The van der Waals surface area contributed by atoms with Crippen LogP contribution in [0.3, 0.4) is 0 Å². The first-order valence-electron chi connectivity index (χ1n) is 4.18. The minimum absolute atomic E-state index is 0.100. The van der Waals surface area contributed by atoms with E-state index in [0.29, 0.717) is 5.75 Å². The van der Waals surface area contributed by atoms with E-state index in [-0.39, 0.29) is 6.42 Å². The molecular formula is C10H10FO3. The second kappa shape index (κ2) is 4.60. The Bertz CT molecular complexity index is 289. The first kappa shape index (κ1) is 10.5. The Morgan fingerprint density at radius 2 is 2.07 bits per heavy atom. The molecule has 1 aromatic rings. The van der Waals surface area contributed by atoms with Gasteiger partial charge in [0.15, 0.2) is 0 Å². The van der Waals surface area contributed by atoms with Gasteiger partial charge < -0.3 is 9.47 Å². The van der Waals surface area contributed by atoms with Gasteiger partial charge >= 0.3 is 12.5 Å². The Morgan fingerprint density at radius 1 is 1.43 bits per heavy atom. The summed E-state index contributed by atoms with van der Waals surface area (Å²) in [4.78, 5) is 9.90. The minimum atomic E-state index is -2.43. The maximum atomic E-state index is 13.5. The summed E-state index contributed by atoms with van der Waals surface area (Å²) in [6, 6.07) is 5.86. The third kappa shape index (κ3) is 2.73. The summed E-state index contributed by atoms with van der Waals surface area (Å²) in [6.45, 7) is 2.53. The zero-order valence-electron chi connectivity index (χ0n) is 7.70. The fraction of sp³-hybridized carbons (Fsp3) is 0.300. The molecule has 1 rings (SSSR count). The Hall–Kier alpha value is -1.58. The highest BCUT2D eigenvalue weighted by molar-refractivity contribution is 5.39. The summed E-state index contributed by atoms with van der Waals surface area (Å²) in [6.07, 6.45) is -0.100. The molecule has 1 radical (unpaired) electrons. The van der Waals surface area contributed by atoms with Crippen LogP contribution in [0.1, 0.15) is 13.3 Å². The van der Waals surface area contributed by atoms with Crippen LogP contribution in [0.5, 0.6) is 5.75 Å². The SMILES string of the molecule is CCC(F)(O[C]=O)Oc1ccccc1. The Morgan fingerprint density at radius 3 is 2.57 bits per heavy atom. The van der Waals surface area contributed by atoms with E-state index < -0.39 is 6.04 Å². The second-order valence-corrected chi connectivity index (χ2v) is 2.61. The van der Waals surface area contributed by atoms with Crippen molar-refractivity contribution in [1.82, 2.24) is 0 Å². The molecule has 0 heterocycles. The molecule has 0 aliphatic carbocycles. The van der Waals surface area contributed by atoms with Gasteiger partial charge in [-0.25, -0.2) is 4.79 Å². The average molecular weight is 197 g/mol. The normalized spacial score (nSPS) is 14.1. The number of rotatable bonds is 5. The van der Waals surface area contributed by atoms with Crippen molar-refractivity contribution in [3.8, 4) is 5.75 Å². The molecule has 0 aromatic heterocycles. The molecule has 14 heavy (non-hydrogen) atoms. The number of carbonyl (C=O) groups excluding carboxylic acids is 1. The van der Waals surface area contributed by atoms with E-state index in [4.69, 9.17) is 4.74 Å². The molecule has 1 aromatic carbocycles. The zero-order valence-corrected chi connectivity index (χ0v) is 7.70. The number of para-hydroxylation sites is 1. The number of hydrogen-bond donors (Lipinski definition) is 0. The number of hydrogen-bond acceptors (Lipinski definition) is 3. The van der Waals surface area contributed by atoms with Gasteiger partial charge in [0.2, 0.25) is 0 Å². The second-order valence-electron chi connectivity index (χ2n) is 2.61. The van der Waals surface area contributed by atoms with Crippen molar-refractivity contribution in [3.63, 3.8) is 0 Å². The number of benzene rings is 1. The summed E-state index contributed by atoms with van der Waals surface area (Å²) in [7, 11) is 0. The lowest BCUT2D eigenvalue weighted by molar-refractivity contribution is -0.226. The topological polar surface area (TPSA) is 35.5 Å². The summed E-state index contributed by atoms with van der Waals surface area (Å²) < 4.78 is 22.4. The van der Waals surface area contributed by atoms with Crippen LogP contribution in [0.4, 0.5) is 4.39 Å². The van der Waals surface area contributed by atoms with Gasteiger partial charge in [0.25, 0.3) is 0 Å². The molecule has 1 unspecified atom stereocenters. The lowest BCUT2D eigenvalue weighted by Crippen LogP contribution is -2.32. The molecule has 0 saturated carbocycles. The van der Waals surface area contributed by atoms with Gasteiger partial charge in [-0.1, -0.05) is 25.1 Å². The molecule has 4 heteroatoms. The van der Waals surface area contributed by atoms with Crippen LogP contribution in [0.15, 0.2) is 30.3 Å². The molecule has 0 amide bonds. The molecule has 0 N–H and O–H groups in total. The molecule has 1 atom stereocenters. The molecule has 0 aliphatic heterocycles. The summed E-state index contributed by atoms with van der Waals surface area (Å²) in [5.41, 5.74) is 0. The highest BCUT2D eigenvalue weighted by atomic mass is 19.2. The summed E-state index contributed by atoms with van der Waals surface area (Å²) in [5.74, 6) is 0.298. The molecule has 75 valence electrons. The molecule has 0 spiro atoms. The Balaban J connectivity index is 2.70. The van der Waals surface area contributed by atoms with Gasteiger partial charge in [0.1, 0.15) is 5.75 Å². The third-order valence-corrected chi connectivity index (χ3v) is 1.63. The first-order valence-corrected chi connectivity index (χ1v) is 4.18. The van der Waals surface area contributed by atoms with Crippen molar-refractivity contribution in [1.29, 1.82) is 0 Å². The van der Waals surface area contributed by atoms with E-state index in [0.717, 1.165) is 6.47 Å². The number of alkyl halides is 1. The monoisotopic (exact) mass is 197 g/mol. The van der Waals surface area contributed by atoms with Gasteiger partial charge in [-0.3, -0.25) is 0 Å². The summed E-state index contributed by atoms with van der Waals surface area (Å²) >= 11 is 0. The van der Waals surface area contributed by atoms with Crippen molar-refractivity contribution >= 4 is 6.47 Å². The molecule has 0 bridgehead atoms. The van der Waals surface area contributed by atoms with Crippen molar-refractivity contribution in [2.75, 3.05) is 0 Å². The van der Waals surface area contributed by atoms with Crippen LogP contribution in [-0.2, 0) is 9.53 Å². The van der Waals surface area contributed by atoms with Crippen molar-refractivity contribution in [3.05, 3.63) is 30.3 Å². The van der Waals surface area contributed by atoms with Crippen LogP contribution >= 0.6 is 0 Å². The highest BCUT2D eigenvalue weighted by Gasteiger charge is 2.32. The lowest BCUT2D eigenvalue weighted by Gasteiger charge is -2.21. The van der Waals surface area contributed by atoms with E-state index in [1.54, 1.807) is 30.3 Å². The largest absolute Gasteiger partial charge is 0.427 e. The molecular weight excluding hydrogens is 187 g/mol. The van der Waals surface area contributed by atoms with Crippen molar-refractivity contribution in [2.45, 2.75) is 19.4 Å². The highest BCUT2D eigenvalue weighted by Crippen LogP contribution is 2.22. The smallest absolute Gasteiger partial charge is 0.422 e. The fourth-order valence-electron chi connectivity index (χ4n) is 0.892. The predicted molar refractivity (Wildman–Crippen MR) is 48.0 cm³/mol. The molecule has 0 fully saturated rings. The van der Waals surface area contributed by atoms with Crippen LogP contribution in [0, 0.1) is 0 Å². The third-order valence-electron chi connectivity index (χ3n) is 1.63. The maximum absolute atomic E-state index is 13.5.